The number of benzene rings is 1. The van der Waals surface area contributed by atoms with E-state index in [9.17, 15) is 5.11 Å². The Bertz CT molecular complexity index is 456. The largest absolute Gasteiger partial charge is 0.490 e. The zero-order valence-electron chi connectivity index (χ0n) is 11.9. The third kappa shape index (κ3) is 2.91. The van der Waals surface area contributed by atoms with E-state index in [0.717, 1.165) is 36.3 Å². The van der Waals surface area contributed by atoms with E-state index in [1.807, 2.05) is 25.1 Å². The molecule has 1 fully saturated rings. The van der Waals surface area contributed by atoms with Gasteiger partial charge in [-0.2, -0.15) is 0 Å². The second-order valence-electron chi connectivity index (χ2n) is 5.46. The Morgan fingerprint density at radius 2 is 2.00 bits per heavy atom. The average molecular weight is 278 g/mol. The van der Waals surface area contributed by atoms with E-state index < -0.39 is 6.10 Å². The fraction of sp³-hybridized carbons (Fsp3) is 0.625. The zero-order valence-corrected chi connectivity index (χ0v) is 11.9. The Hall–Kier alpha value is -1.26. The second kappa shape index (κ2) is 6.02. The van der Waals surface area contributed by atoms with Crippen LogP contribution in [0.1, 0.15) is 37.9 Å². The van der Waals surface area contributed by atoms with Crippen molar-refractivity contribution in [2.45, 2.75) is 38.4 Å². The molecule has 110 valence electrons. The van der Waals surface area contributed by atoms with E-state index >= 15 is 0 Å². The standard InChI is InChI=1S/C16H22O4/c1-2-18-16(11-4-5-11)15(17)12-6-7-13-14(10-12)20-9-3-8-19-13/h6-7,10-11,15-17H,2-5,8-9H2,1H3. The van der Waals surface area contributed by atoms with Gasteiger partial charge in [0.15, 0.2) is 11.5 Å². The summed E-state index contributed by atoms with van der Waals surface area (Å²) in [5.41, 5.74) is 0.847. The van der Waals surface area contributed by atoms with Crippen LogP contribution in [-0.4, -0.2) is 31.0 Å². The summed E-state index contributed by atoms with van der Waals surface area (Å²) in [6.07, 6.45) is 2.47. The molecule has 0 aromatic heterocycles. The summed E-state index contributed by atoms with van der Waals surface area (Å²) in [5.74, 6) is 1.98. The van der Waals surface area contributed by atoms with Gasteiger partial charge in [-0.15, -0.1) is 0 Å². The highest BCUT2D eigenvalue weighted by Crippen LogP contribution is 2.41. The molecule has 1 aliphatic carbocycles. The summed E-state index contributed by atoms with van der Waals surface area (Å²) < 4.78 is 17.0. The number of rotatable bonds is 5. The lowest BCUT2D eigenvalue weighted by atomic mass is 10.0. The first-order valence-corrected chi connectivity index (χ1v) is 7.49. The first kappa shape index (κ1) is 13.7. The minimum absolute atomic E-state index is 0.107. The van der Waals surface area contributed by atoms with Gasteiger partial charge in [0.1, 0.15) is 6.10 Å². The van der Waals surface area contributed by atoms with E-state index in [1.54, 1.807) is 0 Å². The zero-order chi connectivity index (χ0) is 13.9. The Balaban J connectivity index is 1.80. The lowest BCUT2D eigenvalue weighted by Crippen LogP contribution is -2.24. The number of fused-ring (bicyclic) bond motifs is 1. The van der Waals surface area contributed by atoms with E-state index in [-0.39, 0.29) is 6.10 Å². The van der Waals surface area contributed by atoms with Gasteiger partial charge in [0.05, 0.1) is 19.3 Å². The van der Waals surface area contributed by atoms with Gasteiger partial charge in [-0.1, -0.05) is 6.07 Å². The molecule has 1 aliphatic heterocycles. The minimum Gasteiger partial charge on any atom is -0.490 e. The maximum atomic E-state index is 10.6. The third-order valence-corrected chi connectivity index (χ3v) is 3.87. The molecule has 0 amide bonds. The predicted molar refractivity (Wildman–Crippen MR) is 75.1 cm³/mol. The monoisotopic (exact) mass is 278 g/mol. The Morgan fingerprint density at radius 3 is 2.70 bits per heavy atom. The molecule has 4 heteroatoms. The van der Waals surface area contributed by atoms with Crippen LogP contribution >= 0.6 is 0 Å². The summed E-state index contributed by atoms with van der Waals surface area (Å²) >= 11 is 0. The lowest BCUT2D eigenvalue weighted by molar-refractivity contribution is -0.0462. The Morgan fingerprint density at radius 1 is 1.25 bits per heavy atom. The lowest BCUT2D eigenvalue weighted by Gasteiger charge is -2.23. The van der Waals surface area contributed by atoms with Gasteiger partial charge in [-0.25, -0.2) is 0 Å². The van der Waals surface area contributed by atoms with Gasteiger partial charge < -0.3 is 19.3 Å². The smallest absolute Gasteiger partial charge is 0.161 e. The fourth-order valence-corrected chi connectivity index (χ4v) is 2.66. The van der Waals surface area contributed by atoms with Crippen molar-refractivity contribution in [1.82, 2.24) is 0 Å². The number of hydrogen-bond acceptors (Lipinski definition) is 4. The first-order chi connectivity index (χ1) is 9.79. The Labute approximate surface area is 119 Å². The highest BCUT2D eigenvalue weighted by atomic mass is 16.5. The van der Waals surface area contributed by atoms with Crippen LogP contribution in [0, 0.1) is 5.92 Å². The molecule has 20 heavy (non-hydrogen) atoms. The molecule has 1 N–H and O–H groups in total. The highest BCUT2D eigenvalue weighted by Gasteiger charge is 2.37. The molecule has 1 aromatic carbocycles. The molecule has 1 saturated carbocycles. The van der Waals surface area contributed by atoms with Crippen LogP contribution in [0.25, 0.3) is 0 Å². The number of hydrogen-bond donors (Lipinski definition) is 1. The van der Waals surface area contributed by atoms with Gasteiger partial charge in [-0.05, 0) is 43.4 Å². The molecule has 0 saturated heterocycles. The van der Waals surface area contributed by atoms with Gasteiger partial charge in [0.25, 0.3) is 0 Å². The quantitative estimate of drug-likeness (QED) is 0.899. The van der Waals surface area contributed by atoms with Gasteiger partial charge in [0.2, 0.25) is 0 Å². The second-order valence-corrected chi connectivity index (χ2v) is 5.46. The van der Waals surface area contributed by atoms with Crippen LogP contribution in [-0.2, 0) is 4.74 Å². The molecule has 2 atom stereocenters. The average Bonchev–Trinajstić information content (AvgIpc) is 3.29. The van der Waals surface area contributed by atoms with Gasteiger partial charge >= 0.3 is 0 Å². The van der Waals surface area contributed by atoms with E-state index in [0.29, 0.717) is 25.7 Å². The van der Waals surface area contributed by atoms with Crippen molar-refractivity contribution in [2.75, 3.05) is 19.8 Å². The predicted octanol–water partition coefficient (Wildman–Crippen LogP) is 2.70. The van der Waals surface area contributed by atoms with Crippen LogP contribution in [0.3, 0.4) is 0 Å². The van der Waals surface area contributed by atoms with Crippen LogP contribution in [0.15, 0.2) is 18.2 Å². The van der Waals surface area contributed by atoms with Crippen LogP contribution in [0.4, 0.5) is 0 Å². The van der Waals surface area contributed by atoms with Crippen LogP contribution in [0.5, 0.6) is 11.5 Å². The molecular weight excluding hydrogens is 256 g/mol. The molecule has 4 nitrogen and oxygen atoms in total. The van der Waals surface area contributed by atoms with E-state index in [1.165, 1.54) is 0 Å². The van der Waals surface area contributed by atoms with Crippen molar-refractivity contribution in [1.29, 1.82) is 0 Å². The molecule has 2 unspecified atom stereocenters. The molecule has 0 bridgehead atoms. The molecule has 0 radical (unpaired) electrons. The summed E-state index contributed by atoms with van der Waals surface area (Å²) in [6, 6.07) is 5.68. The normalized spacial score (nSPS) is 21.1. The van der Waals surface area contributed by atoms with Crippen LogP contribution < -0.4 is 9.47 Å². The molecule has 1 heterocycles. The summed E-state index contributed by atoms with van der Waals surface area (Å²) in [7, 11) is 0. The van der Waals surface area contributed by atoms with Crippen molar-refractivity contribution < 1.29 is 19.3 Å². The summed E-state index contributed by atoms with van der Waals surface area (Å²) in [6.45, 7) is 3.93. The number of ether oxygens (including phenoxy) is 3. The van der Waals surface area contributed by atoms with E-state index in [4.69, 9.17) is 14.2 Å². The van der Waals surface area contributed by atoms with Crippen molar-refractivity contribution in [3.63, 3.8) is 0 Å². The minimum atomic E-state index is -0.598. The third-order valence-electron chi connectivity index (χ3n) is 3.87. The molecule has 0 spiro atoms. The molecule has 2 aliphatic rings. The fourth-order valence-electron chi connectivity index (χ4n) is 2.66. The van der Waals surface area contributed by atoms with Crippen molar-refractivity contribution in [3.05, 3.63) is 23.8 Å². The first-order valence-electron chi connectivity index (χ1n) is 7.49. The Kier molecular flexibility index (Phi) is 4.13. The summed E-state index contributed by atoms with van der Waals surface area (Å²) in [4.78, 5) is 0. The van der Waals surface area contributed by atoms with Crippen LogP contribution in [0.2, 0.25) is 0 Å². The van der Waals surface area contributed by atoms with E-state index in [2.05, 4.69) is 0 Å². The molecular formula is C16H22O4. The maximum absolute atomic E-state index is 10.6. The van der Waals surface area contributed by atoms with Crippen molar-refractivity contribution in [3.8, 4) is 11.5 Å². The van der Waals surface area contributed by atoms with Crippen molar-refractivity contribution in [2.24, 2.45) is 5.92 Å². The molecule has 1 aromatic rings. The molecule has 3 rings (SSSR count). The SMILES string of the molecule is CCOC(C1CC1)C(O)c1ccc2c(c1)OCCCO2. The van der Waals surface area contributed by atoms with Crippen molar-refractivity contribution >= 4 is 0 Å². The number of aliphatic hydroxyl groups excluding tert-OH is 1. The highest BCUT2D eigenvalue weighted by molar-refractivity contribution is 5.44. The maximum Gasteiger partial charge on any atom is 0.161 e. The van der Waals surface area contributed by atoms with Gasteiger partial charge in [0, 0.05) is 13.0 Å². The topological polar surface area (TPSA) is 47.9 Å². The van der Waals surface area contributed by atoms with Gasteiger partial charge in [-0.3, -0.25) is 0 Å². The summed E-state index contributed by atoms with van der Waals surface area (Å²) in [5, 5.41) is 10.6. The number of aliphatic hydroxyl groups is 1.